The summed E-state index contributed by atoms with van der Waals surface area (Å²) < 4.78 is 27.5. The number of anilines is 2. The lowest BCUT2D eigenvalue weighted by molar-refractivity contribution is 0.0963. The number of hydrogen-bond acceptors (Lipinski definition) is 5. The highest BCUT2D eigenvalue weighted by Gasteiger charge is 2.21. The maximum absolute atomic E-state index is 12.8. The van der Waals surface area contributed by atoms with E-state index in [0.717, 1.165) is 10.4 Å². The smallest absolute Gasteiger partial charge is 0.261 e. The Morgan fingerprint density at radius 3 is 2.30 bits per heavy atom. The zero-order valence-electron chi connectivity index (χ0n) is 16.6. The van der Waals surface area contributed by atoms with Crippen LogP contribution in [0.4, 0.5) is 10.7 Å². The highest BCUT2D eigenvalue weighted by Crippen LogP contribution is 2.32. The Kier molecular flexibility index (Phi) is 6.23. The SMILES string of the molecule is CNC(=O)c1c(NC(=O)c2cccc(NS(=O)(=O)c3ccccc3)c2)sc(C)c1C. The maximum atomic E-state index is 12.8. The van der Waals surface area contributed by atoms with Crippen molar-refractivity contribution in [1.29, 1.82) is 0 Å². The summed E-state index contributed by atoms with van der Waals surface area (Å²) in [6, 6.07) is 14.1. The fourth-order valence-electron chi connectivity index (χ4n) is 2.83. The fourth-order valence-corrected chi connectivity index (χ4v) is 4.95. The van der Waals surface area contributed by atoms with Gasteiger partial charge in [-0.1, -0.05) is 24.3 Å². The number of carbonyl (C=O) groups excluding carboxylic acids is 2. The number of sulfonamides is 1. The molecule has 0 unspecified atom stereocenters. The maximum Gasteiger partial charge on any atom is 0.261 e. The summed E-state index contributed by atoms with van der Waals surface area (Å²) >= 11 is 1.31. The highest BCUT2D eigenvalue weighted by atomic mass is 32.2. The van der Waals surface area contributed by atoms with Crippen molar-refractivity contribution in [3.8, 4) is 0 Å². The molecule has 0 spiro atoms. The third kappa shape index (κ3) is 4.52. The molecule has 0 atom stereocenters. The van der Waals surface area contributed by atoms with Gasteiger partial charge >= 0.3 is 0 Å². The first-order valence-electron chi connectivity index (χ1n) is 9.04. The Bertz CT molecular complexity index is 1200. The Labute approximate surface area is 179 Å². The molecule has 2 aromatic carbocycles. The van der Waals surface area contributed by atoms with Gasteiger partial charge in [-0.05, 0) is 49.7 Å². The van der Waals surface area contributed by atoms with Gasteiger partial charge in [0.2, 0.25) is 0 Å². The molecule has 0 aliphatic rings. The number of benzene rings is 2. The molecule has 0 bridgehead atoms. The molecule has 1 aromatic heterocycles. The van der Waals surface area contributed by atoms with Crippen LogP contribution in [0.1, 0.15) is 31.2 Å². The minimum Gasteiger partial charge on any atom is -0.355 e. The van der Waals surface area contributed by atoms with Gasteiger partial charge in [0.1, 0.15) is 5.00 Å². The lowest BCUT2D eigenvalue weighted by atomic mass is 10.1. The molecule has 1 heterocycles. The second kappa shape index (κ2) is 8.68. The molecule has 3 aromatic rings. The van der Waals surface area contributed by atoms with E-state index in [2.05, 4.69) is 15.4 Å². The predicted octanol–water partition coefficient (Wildman–Crippen LogP) is 3.78. The van der Waals surface area contributed by atoms with Gasteiger partial charge in [0.15, 0.2) is 0 Å². The van der Waals surface area contributed by atoms with Crippen LogP contribution in [-0.4, -0.2) is 27.3 Å². The molecule has 0 saturated heterocycles. The molecule has 0 aliphatic carbocycles. The number of thiophene rings is 1. The van der Waals surface area contributed by atoms with E-state index in [1.807, 2.05) is 13.8 Å². The van der Waals surface area contributed by atoms with Crippen LogP contribution in [0.3, 0.4) is 0 Å². The average molecular weight is 444 g/mol. The molecule has 3 rings (SSSR count). The third-order valence-corrected chi connectivity index (χ3v) is 7.02. The monoisotopic (exact) mass is 443 g/mol. The zero-order chi connectivity index (χ0) is 21.9. The minimum atomic E-state index is -3.77. The van der Waals surface area contributed by atoms with Crippen molar-refractivity contribution >= 4 is 43.9 Å². The van der Waals surface area contributed by atoms with Crippen molar-refractivity contribution in [2.45, 2.75) is 18.7 Å². The number of rotatable bonds is 6. The van der Waals surface area contributed by atoms with Gasteiger partial charge in [0, 0.05) is 23.2 Å². The second-order valence-corrected chi connectivity index (χ2v) is 9.43. The first kappa shape index (κ1) is 21.5. The highest BCUT2D eigenvalue weighted by molar-refractivity contribution is 7.92. The van der Waals surface area contributed by atoms with Gasteiger partial charge < -0.3 is 10.6 Å². The summed E-state index contributed by atoms with van der Waals surface area (Å²) in [5.41, 5.74) is 1.75. The van der Waals surface area contributed by atoms with Gasteiger partial charge in [0.25, 0.3) is 21.8 Å². The summed E-state index contributed by atoms with van der Waals surface area (Å²) in [6.07, 6.45) is 0. The van der Waals surface area contributed by atoms with Gasteiger partial charge in [-0.2, -0.15) is 0 Å². The van der Waals surface area contributed by atoms with Crippen molar-refractivity contribution in [1.82, 2.24) is 5.32 Å². The number of amides is 2. The van der Waals surface area contributed by atoms with Crippen molar-refractivity contribution in [3.63, 3.8) is 0 Å². The van der Waals surface area contributed by atoms with E-state index in [9.17, 15) is 18.0 Å². The Balaban J connectivity index is 1.84. The summed E-state index contributed by atoms with van der Waals surface area (Å²) in [7, 11) is -2.24. The quantitative estimate of drug-likeness (QED) is 0.539. The minimum absolute atomic E-state index is 0.125. The zero-order valence-corrected chi connectivity index (χ0v) is 18.3. The predicted molar refractivity (Wildman–Crippen MR) is 119 cm³/mol. The van der Waals surface area contributed by atoms with Crippen LogP contribution in [0.5, 0.6) is 0 Å². The van der Waals surface area contributed by atoms with Crippen LogP contribution in [0.2, 0.25) is 0 Å². The first-order valence-corrected chi connectivity index (χ1v) is 11.3. The molecule has 30 heavy (non-hydrogen) atoms. The van der Waals surface area contributed by atoms with Crippen LogP contribution in [0, 0.1) is 13.8 Å². The van der Waals surface area contributed by atoms with E-state index in [1.54, 1.807) is 36.4 Å². The number of aryl methyl sites for hydroxylation is 1. The molecule has 0 aliphatic heterocycles. The topological polar surface area (TPSA) is 104 Å². The van der Waals surface area contributed by atoms with E-state index >= 15 is 0 Å². The van der Waals surface area contributed by atoms with Crippen LogP contribution in [0.25, 0.3) is 0 Å². The molecule has 0 fully saturated rings. The largest absolute Gasteiger partial charge is 0.355 e. The van der Waals surface area contributed by atoms with Gasteiger partial charge in [-0.15, -0.1) is 11.3 Å². The molecule has 2 amide bonds. The van der Waals surface area contributed by atoms with Gasteiger partial charge in [0.05, 0.1) is 10.5 Å². The van der Waals surface area contributed by atoms with Crippen LogP contribution < -0.4 is 15.4 Å². The van der Waals surface area contributed by atoms with Crippen LogP contribution in [0.15, 0.2) is 59.5 Å². The van der Waals surface area contributed by atoms with E-state index in [-0.39, 0.29) is 22.1 Å². The average Bonchev–Trinajstić information content (AvgIpc) is 3.01. The first-order chi connectivity index (χ1) is 14.2. The molecule has 9 heteroatoms. The second-order valence-electron chi connectivity index (χ2n) is 6.52. The Morgan fingerprint density at radius 2 is 1.63 bits per heavy atom. The summed E-state index contributed by atoms with van der Waals surface area (Å²) in [5.74, 6) is -0.723. The molecule has 0 saturated carbocycles. The molecule has 3 N–H and O–H groups in total. The van der Waals surface area contributed by atoms with Gasteiger partial charge in [-0.25, -0.2) is 8.42 Å². The van der Waals surface area contributed by atoms with E-state index in [1.165, 1.54) is 36.6 Å². The number of nitrogens with one attached hydrogen (secondary N) is 3. The van der Waals surface area contributed by atoms with Crippen molar-refractivity contribution < 1.29 is 18.0 Å². The number of carbonyl (C=O) groups is 2. The standard InChI is InChI=1S/C21H21N3O4S2/c1-13-14(2)29-21(18(13)20(26)22-3)23-19(25)15-8-7-9-16(12-15)24-30(27,28)17-10-5-4-6-11-17/h4-12,24H,1-3H3,(H,22,26)(H,23,25). The molecular weight excluding hydrogens is 422 g/mol. The van der Waals surface area contributed by atoms with Crippen molar-refractivity contribution in [2.24, 2.45) is 0 Å². The summed E-state index contributed by atoms with van der Waals surface area (Å²) in [4.78, 5) is 26.0. The molecule has 156 valence electrons. The van der Waals surface area contributed by atoms with Crippen LogP contribution in [-0.2, 0) is 10.0 Å². The molecular formula is C21H21N3O4S2. The third-order valence-electron chi connectivity index (χ3n) is 4.50. The van der Waals surface area contributed by atoms with Crippen molar-refractivity contribution in [2.75, 3.05) is 17.1 Å². The normalized spacial score (nSPS) is 11.0. The lowest BCUT2D eigenvalue weighted by Crippen LogP contribution is -2.21. The Hall–Kier alpha value is -3.17. The molecule has 0 radical (unpaired) electrons. The van der Waals surface area contributed by atoms with E-state index < -0.39 is 15.9 Å². The summed E-state index contributed by atoms with van der Waals surface area (Å²) in [6.45, 7) is 3.70. The molecule has 7 nitrogen and oxygen atoms in total. The van der Waals surface area contributed by atoms with Crippen molar-refractivity contribution in [3.05, 3.63) is 76.2 Å². The fraction of sp³-hybridized carbons (Fsp3) is 0.143. The summed E-state index contributed by atoms with van der Waals surface area (Å²) in [5, 5.41) is 5.79. The van der Waals surface area contributed by atoms with Crippen LogP contribution >= 0.6 is 11.3 Å². The van der Waals surface area contributed by atoms with Gasteiger partial charge in [-0.3, -0.25) is 14.3 Å². The van der Waals surface area contributed by atoms with E-state index in [0.29, 0.717) is 10.6 Å². The number of hydrogen-bond donors (Lipinski definition) is 3. The lowest BCUT2D eigenvalue weighted by Gasteiger charge is -2.10. The van der Waals surface area contributed by atoms with E-state index in [4.69, 9.17) is 0 Å². The Morgan fingerprint density at radius 1 is 0.933 bits per heavy atom.